The van der Waals surface area contributed by atoms with E-state index < -0.39 is 5.41 Å². The van der Waals surface area contributed by atoms with Crippen LogP contribution in [0.4, 0.5) is 5.69 Å². The molecule has 0 radical (unpaired) electrons. The average molecular weight is 434 g/mol. The molecule has 0 amide bonds. The third-order valence-electron chi connectivity index (χ3n) is 6.75. The van der Waals surface area contributed by atoms with E-state index in [4.69, 9.17) is 10.5 Å². The maximum Gasteiger partial charge on any atom is 0.316 e. The molecule has 0 aromatic heterocycles. The van der Waals surface area contributed by atoms with E-state index in [0.29, 0.717) is 6.42 Å². The summed E-state index contributed by atoms with van der Waals surface area (Å²) in [5.74, 6) is -0.178. The predicted molar refractivity (Wildman–Crippen MR) is 137 cm³/mol. The van der Waals surface area contributed by atoms with Crippen molar-refractivity contribution in [3.63, 3.8) is 0 Å². The van der Waals surface area contributed by atoms with E-state index >= 15 is 0 Å². The van der Waals surface area contributed by atoms with Crippen LogP contribution in [0.2, 0.25) is 0 Å². The van der Waals surface area contributed by atoms with E-state index in [1.807, 2.05) is 32.9 Å². The Hall–Kier alpha value is -2.81. The van der Waals surface area contributed by atoms with Crippen molar-refractivity contribution < 1.29 is 9.53 Å². The molecule has 0 saturated carbocycles. The molecule has 2 N–H and O–H groups in total. The number of hydrogen-bond donors (Lipinski definition) is 1. The minimum absolute atomic E-state index is 0.178. The van der Waals surface area contributed by atoms with Crippen LogP contribution in [0.3, 0.4) is 0 Å². The first-order valence-corrected chi connectivity index (χ1v) is 11.5. The SMILES string of the molecule is C=C(C)C1=C(/C=C(\C)C(=C)/C(CC)=C(/CC)c2cc(C)ccc2N)C(C)(CC)C(=O)OC1. The number of nitrogen functional groups attached to an aromatic ring is 1. The van der Waals surface area contributed by atoms with Crippen molar-refractivity contribution in [2.75, 3.05) is 12.3 Å². The van der Waals surface area contributed by atoms with Gasteiger partial charge in [0.25, 0.3) is 0 Å². The lowest BCUT2D eigenvalue weighted by Gasteiger charge is -2.35. The fourth-order valence-electron chi connectivity index (χ4n) is 4.40. The normalized spacial score (nSPS) is 20.1. The second-order valence-corrected chi connectivity index (χ2v) is 9.00. The highest BCUT2D eigenvalue weighted by Crippen LogP contribution is 2.42. The number of carbonyl (C=O) groups excluding carboxylic acids is 1. The fourth-order valence-corrected chi connectivity index (χ4v) is 4.40. The summed E-state index contributed by atoms with van der Waals surface area (Å²) in [6.07, 6.45) is 4.49. The van der Waals surface area contributed by atoms with Crippen molar-refractivity contribution in [3.8, 4) is 0 Å². The first-order valence-electron chi connectivity index (χ1n) is 11.5. The van der Waals surface area contributed by atoms with Crippen LogP contribution in [-0.2, 0) is 9.53 Å². The van der Waals surface area contributed by atoms with E-state index in [9.17, 15) is 4.79 Å². The lowest BCUT2D eigenvalue weighted by Crippen LogP contribution is -2.36. The minimum atomic E-state index is -0.696. The number of rotatable bonds is 8. The number of aryl methyl sites for hydroxylation is 1. The number of esters is 1. The molecule has 3 heteroatoms. The number of carbonyl (C=O) groups is 1. The predicted octanol–water partition coefficient (Wildman–Crippen LogP) is 7.50. The number of nitrogens with two attached hydrogens (primary N) is 1. The van der Waals surface area contributed by atoms with Gasteiger partial charge in [0.05, 0.1) is 5.41 Å². The minimum Gasteiger partial charge on any atom is -0.460 e. The molecule has 172 valence electrons. The Morgan fingerprint density at radius 3 is 2.38 bits per heavy atom. The Kier molecular flexibility index (Phi) is 8.12. The van der Waals surface area contributed by atoms with Gasteiger partial charge in [-0.25, -0.2) is 0 Å². The Bertz CT molecular complexity index is 1040. The van der Waals surface area contributed by atoms with E-state index in [1.165, 1.54) is 16.7 Å². The van der Waals surface area contributed by atoms with Crippen LogP contribution in [0, 0.1) is 12.3 Å². The highest BCUT2D eigenvalue weighted by Gasteiger charge is 2.41. The van der Waals surface area contributed by atoms with Gasteiger partial charge in [-0.3, -0.25) is 4.79 Å². The van der Waals surface area contributed by atoms with Crippen LogP contribution in [0.5, 0.6) is 0 Å². The molecule has 1 aromatic carbocycles. The number of hydrogen-bond acceptors (Lipinski definition) is 3. The monoisotopic (exact) mass is 433 g/mol. The Morgan fingerprint density at radius 2 is 1.84 bits per heavy atom. The number of ether oxygens (including phenoxy) is 1. The van der Waals surface area contributed by atoms with Crippen LogP contribution < -0.4 is 5.73 Å². The van der Waals surface area contributed by atoms with E-state index in [-0.39, 0.29) is 12.6 Å². The van der Waals surface area contributed by atoms with Gasteiger partial charge in [-0.15, -0.1) is 0 Å². The molecule has 3 nitrogen and oxygen atoms in total. The van der Waals surface area contributed by atoms with Crippen LogP contribution in [0.25, 0.3) is 5.57 Å². The first-order chi connectivity index (χ1) is 15.0. The standard InChI is InChI=1S/C29H39NO2/c1-10-22(23(11-2)24-15-19(6)13-14-27(24)30)21(8)20(7)16-26-25(18(4)5)17-32-28(31)29(26,9)12-3/h13-16H,4,8,10-12,17,30H2,1-3,5-7,9H3/b20-16+,23-22-. The Morgan fingerprint density at radius 1 is 1.19 bits per heavy atom. The molecule has 0 saturated heterocycles. The highest BCUT2D eigenvalue weighted by atomic mass is 16.5. The lowest BCUT2D eigenvalue weighted by atomic mass is 9.73. The molecule has 0 spiro atoms. The van der Waals surface area contributed by atoms with Crippen LogP contribution >= 0.6 is 0 Å². The molecule has 0 bridgehead atoms. The zero-order valence-corrected chi connectivity index (χ0v) is 20.9. The van der Waals surface area contributed by atoms with Crippen molar-refractivity contribution >= 4 is 17.2 Å². The van der Waals surface area contributed by atoms with Crippen LogP contribution in [-0.4, -0.2) is 12.6 Å². The third kappa shape index (κ3) is 4.82. The van der Waals surface area contributed by atoms with Gasteiger partial charge in [0.1, 0.15) is 6.61 Å². The average Bonchev–Trinajstić information content (AvgIpc) is 2.76. The molecular weight excluding hydrogens is 394 g/mol. The molecule has 2 rings (SSSR count). The van der Waals surface area contributed by atoms with Crippen molar-refractivity contribution in [1.29, 1.82) is 0 Å². The summed E-state index contributed by atoms with van der Waals surface area (Å²) in [4.78, 5) is 12.7. The first kappa shape index (κ1) is 25.5. The summed E-state index contributed by atoms with van der Waals surface area (Å²) >= 11 is 0. The summed E-state index contributed by atoms with van der Waals surface area (Å²) < 4.78 is 5.50. The molecule has 1 aliphatic heterocycles. The molecule has 1 unspecified atom stereocenters. The second-order valence-electron chi connectivity index (χ2n) is 9.00. The topological polar surface area (TPSA) is 52.3 Å². The van der Waals surface area contributed by atoms with Gasteiger partial charge < -0.3 is 10.5 Å². The van der Waals surface area contributed by atoms with Gasteiger partial charge in [-0.05, 0) is 92.5 Å². The van der Waals surface area contributed by atoms with Crippen LogP contribution in [0.15, 0.2) is 70.9 Å². The summed E-state index contributed by atoms with van der Waals surface area (Å²) in [6.45, 7) is 23.3. The second kappa shape index (κ2) is 10.2. The zero-order valence-electron chi connectivity index (χ0n) is 20.9. The zero-order chi connectivity index (χ0) is 24.2. The van der Waals surface area contributed by atoms with E-state index in [0.717, 1.165) is 52.0 Å². The van der Waals surface area contributed by atoms with Gasteiger partial charge in [0, 0.05) is 11.3 Å². The number of benzene rings is 1. The maximum absolute atomic E-state index is 12.7. The number of cyclic esters (lactones) is 1. The highest BCUT2D eigenvalue weighted by molar-refractivity contribution is 5.84. The molecule has 1 atom stereocenters. The smallest absolute Gasteiger partial charge is 0.316 e. The largest absolute Gasteiger partial charge is 0.460 e. The van der Waals surface area contributed by atoms with Gasteiger partial charge >= 0.3 is 5.97 Å². The molecule has 32 heavy (non-hydrogen) atoms. The van der Waals surface area contributed by atoms with Gasteiger partial charge in [0.15, 0.2) is 0 Å². The quantitative estimate of drug-likeness (QED) is 0.262. The van der Waals surface area contributed by atoms with Gasteiger partial charge in [-0.1, -0.05) is 57.2 Å². The molecule has 1 aliphatic rings. The van der Waals surface area contributed by atoms with Crippen molar-refractivity contribution in [2.45, 2.75) is 67.7 Å². The summed E-state index contributed by atoms with van der Waals surface area (Å²) in [5, 5.41) is 0. The van der Waals surface area contributed by atoms with Gasteiger partial charge in [-0.2, -0.15) is 0 Å². The number of anilines is 1. The molecular formula is C29H39NO2. The van der Waals surface area contributed by atoms with E-state index in [1.54, 1.807) is 0 Å². The maximum atomic E-state index is 12.7. The Labute approximate surface area is 194 Å². The third-order valence-corrected chi connectivity index (χ3v) is 6.75. The van der Waals surface area contributed by atoms with Crippen LogP contribution in [0.1, 0.15) is 71.9 Å². The number of allylic oxidation sites excluding steroid dienone is 5. The fraction of sp³-hybridized carbons (Fsp3) is 0.414. The van der Waals surface area contributed by atoms with E-state index in [2.05, 4.69) is 53.0 Å². The summed E-state index contributed by atoms with van der Waals surface area (Å²) in [5.41, 5.74) is 16.1. The summed E-state index contributed by atoms with van der Waals surface area (Å²) in [7, 11) is 0. The molecule has 1 heterocycles. The van der Waals surface area contributed by atoms with Crippen molar-refractivity contribution in [2.24, 2.45) is 5.41 Å². The molecule has 0 aliphatic carbocycles. The Balaban J connectivity index is 2.67. The van der Waals surface area contributed by atoms with Crippen molar-refractivity contribution in [3.05, 3.63) is 82.0 Å². The summed E-state index contributed by atoms with van der Waals surface area (Å²) in [6, 6.07) is 6.17. The lowest BCUT2D eigenvalue weighted by molar-refractivity contribution is -0.153. The van der Waals surface area contributed by atoms with Gasteiger partial charge in [0.2, 0.25) is 0 Å². The van der Waals surface area contributed by atoms with Crippen molar-refractivity contribution in [1.82, 2.24) is 0 Å². The molecule has 0 fully saturated rings. The molecule has 1 aromatic rings.